The Morgan fingerprint density at radius 2 is 1.82 bits per heavy atom. The number of nitrogens with one attached hydrogen (secondary N) is 1. The number of aromatic amines is 1. The number of halogens is 1. The van der Waals surface area contributed by atoms with E-state index in [1.54, 1.807) is 13.3 Å². The summed E-state index contributed by atoms with van der Waals surface area (Å²) in [4.78, 5) is 17.1. The van der Waals surface area contributed by atoms with Gasteiger partial charge in [0.25, 0.3) is 0 Å². The maximum absolute atomic E-state index is 6.00. The van der Waals surface area contributed by atoms with Gasteiger partial charge in [-0.15, -0.1) is 0 Å². The van der Waals surface area contributed by atoms with Crippen LogP contribution in [0.5, 0.6) is 11.5 Å². The Kier molecular flexibility index (Phi) is 6.46. The first-order valence-corrected chi connectivity index (χ1v) is 11.8. The number of piperazine rings is 1. The molecule has 0 aliphatic carbocycles. The molecule has 0 saturated carbocycles. The van der Waals surface area contributed by atoms with Crippen LogP contribution in [0.15, 0.2) is 65.3 Å². The van der Waals surface area contributed by atoms with Crippen LogP contribution in [0, 0.1) is 0 Å². The van der Waals surface area contributed by atoms with Crippen LogP contribution >= 0.6 is 15.9 Å². The third-order valence-corrected chi connectivity index (χ3v) is 6.33. The van der Waals surface area contributed by atoms with E-state index in [-0.39, 0.29) is 0 Å². The Morgan fingerprint density at radius 3 is 2.61 bits per heavy atom. The van der Waals surface area contributed by atoms with E-state index in [0.717, 1.165) is 71.2 Å². The maximum Gasteiger partial charge on any atom is 0.157 e. The smallest absolute Gasteiger partial charge is 0.157 e. The maximum atomic E-state index is 6.00. The van der Waals surface area contributed by atoms with Gasteiger partial charge in [-0.05, 0) is 58.4 Å². The van der Waals surface area contributed by atoms with Crippen LogP contribution < -0.4 is 14.4 Å². The lowest BCUT2D eigenvalue weighted by Crippen LogP contribution is -2.47. The van der Waals surface area contributed by atoms with Crippen molar-refractivity contribution in [3.63, 3.8) is 0 Å². The molecule has 0 amide bonds. The van der Waals surface area contributed by atoms with E-state index in [9.17, 15) is 0 Å². The minimum atomic E-state index is 0.668. The molecule has 7 nitrogen and oxygen atoms in total. The second-order valence-electron chi connectivity index (χ2n) is 8.01. The van der Waals surface area contributed by atoms with Gasteiger partial charge in [0.1, 0.15) is 29.4 Å². The summed E-state index contributed by atoms with van der Waals surface area (Å²) >= 11 is 3.44. The Balaban J connectivity index is 1.10. The molecule has 33 heavy (non-hydrogen) atoms. The van der Waals surface area contributed by atoms with E-state index in [1.807, 2.05) is 42.5 Å². The summed E-state index contributed by atoms with van der Waals surface area (Å²) in [6, 6.07) is 18.3. The van der Waals surface area contributed by atoms with Gasteiger partial charge in [0.15, 0.2) is 5.65 Å². The molecule has 2 aromatic heterocycles. The Labute approximate surface area is 201 Å². The highest BCUT2D eigenvalue weighted by molar-refractivity contribution is 9.10. The van der Waals surface area contributed by atoms with E-state index in [1.165, 1.54) is 5.69 Å². The molecule has 1 fully saturated rings. The van der Waals surface area contributed by atoms with E-state index in [4.69, 9.17) is 9.47 Å². The fourth-order valence-electron chi connectivity index (χ4n) is 4.05. The summed E-state index contributed by atoms with van der Waals surface area (Å²) in [5.41, 5.74) is 3.84. The lowest BCUT2D eigenvalue weighted by molar-refractivity contribution is 0.200. The molecule has 5 rings (SSSR count). The number of H-pyrrole nitrogens is 1. The van der Waals surface area contributed by atoms with Crippen molar-refractivity contribution in [1.29, 1.82) is 0 Å². The zero-order valence-electron chi connectivity index (χ0n) is 18.5. The normalized spacial score (nSPS) is 14.5. The molecule has 8 heteroatoms. The van der Waals surface area contributed by atoms with Gasteiger partial charge in [-0.1, -0.05) is 6.07 Å². The number of methoxy groups -OCH3 is 1. The van der Waals surface area contributed by atoms with E-state index < -0.39 is 0 Å². The van der Waals surface area contributed by atoms with Gasteiger partial charge in [0.2, 0.25) is 0 Å². The molecule has 1 aliphatic heterocycles. The molecule has 2 aromatic carbocycles. The van der Waals surface area contributed by atoms with E-state index in [0.29, 0.717) is 6.61 Å². The van der Waals surface area contributed by atoms with Gasteiger partial charge in [0, 0.05) is 60.7 Å². The number of rotatable bonds is 7. The van der Waals surface area contributed by atoms with Crippen molar-refractivity contribution in [2.45, 2.75) is 0 Å². The molecule has 4 aromatic rings. The highest BCUT2D eigenvalue weighted by atomic mass is 79.9. The zero-order chi connectivity index (χ0) is 22.6. The Morgan fingerprint density at radius 1 is 1.00 bits per heavy atom. The first kappa shape index (κ1) is 21.7. The quantitative estimate of drug-likeness (QED) is 0.394. The molecular formula is C25H26BrN5O2. The molecule has 3 heterocycles. The van der Waals surface area contributed by atoms with Crippen molar-refractivity contribution in [1.82, 2.24) is 19.9 Å². The van der Waals surface area contributed by atoms with Crippen LogP contribution in [-0.2, 0) is 0 Å². The van der Waals surface area contributed by atoms with Gasteiger partial charge >= 0.3 is 0 Å². The number of anilines is 1. The number of ether oxygens (including phenoxy) is 2. The third kappa shape index (κ3) is 5.12. The Hall–Kier alpha value is -3.10. The lowest BCUT2D eigenvalue weighted by atomic mass is 10.2. The number of fused-ring (bicyclic) bond motifs is 1. The second-order valence-corrected chi connectivity index (χ2v) is 8.93. The minimum absolute atomic E-state index is 0.668. The molecular weight excluding hydrogens is 482 g/mol. The molecule has 0 unspecified atom stereocenters. The summed E-state index contributed by atoms with van der Waals surface area (Å²) in [6.07, 6.45) is 1.76. The number of hydrogen-bond donors (Lipinski definition) is 1. The fourth-order valence-corrected chi connectivity index (χ4v) is 4.37. The Bertz CT molecular complexity index is 1220. The molecule has 1 aliphatic rings. The van der Waals surface area contributed by atoms with Gasteiger partial charge in [-0.3, -0.25) is 4.90 Å². The highest BCUT2D eigenvalue weighted by Crippen LogP contribution is 2.24. The largest absolute Gasteiger partial charge is 0.497 e. The first-order chi connectivity index (χ1) is 16.2. The van der Waals surface area contributed by atoms with Crippen molar-refractivity contribution in [2.24, 2.45) is 0 Å². The standard InChI is InChI=1S/C25H26BrN5O2/c1-32-22-4-2-3-20(16-22)31-11-9-30(10-12-31)13-14-33-21-7-5-18(6-8-21)24-28-23-15-19(26)17-27-25(23)29-24/h2-8,15-17H,9-14H2,1H3,(H,27,28,29). The lowest BCUT2D eigenvalue weighted by Gasteiger charge is -2.36. The monoisotopic (exact) mass is 507 g/mol. The van der Waals surface area contributed by atoms with Crippen LogP contribution in [0.3, 0.4) is 0 Å². The molecule has 0 atom stereocenters. The minimum Gasteiger partial charge on any atom is -0.497 e. The van der Waals surface area contributed by atoms with Gasteiger partial charge in [0.05, 0.1) is 7.11 Å². The number of hydrogen-bond acceptors (Lipinski definition) is 6. The fraction of sp³-hybridized carbons (Fsp3) is 0.280. The molecule has 0 radical (unpaired) electrons. The second kappa shape index (κ2) is 9.80. The molecule has 1 N–H and O–H groups in total. The number of aromatic nitrogens is 3. The van der Waals surface area contributed by atoms with Gasteiger partial charge in [-0.2, -0.15) is 0 Å². The van der Waals surface area contributed by atoms with Gasteiger partial charge in [-0.25, -0.2) is 9.97 Å². The van der Waals surface area contributed by atoms with Crippen molar-refractivity contribution in [3.05, 3.63) is 65.3 Å². The van der Waals surface area contributed by atoms with E-state index in [2.05, 4.69) is 52.8 Å². The van der Waals surface area contributed by atoms with Crippen LogP contribution in [0.25, 0.3) is 22.6 Å². The first-order valence-electron chi connectivity index (χ1n) is 11.0. The average molecular weight is 508 g/mol. The van der Waals surface area contributed by atoms with Crippen molar-refractivity contribution in [2.75, 3.05) is 51.3 Å². The molecule has 0 spiro atoms. The zero-order valence-corrected chi connectivity index (χ0v) is 20.1. The van der Waals surface area contributed by atoms with Crippen LogP contribution in [0.1, 0.15) is 0 Å². The predicted molar refractivity (Wildman–Crippen MR) is 134 cm³/mol. The number of nitrogens with zero attached hydrogens (tertiary/aromatic N) is 4. The summed E-state index contributed by atoms with van der Waals surface area (Å²) < 4.78 is 12.3. The van der Waals surface area contributed by atoms with Crippen molar-refractivity contribution >= 4 is 32.8 Å². The molecule has 1 saturated heterocycles. The van der Waals surface area contributed by atoms with Crippen LogP contribution in [0.4, 0.5) is 5.69 Å². The summed E-state index contributed by atoms with van der Waals surface area (Å²) in [5, 5.41) is 0. The van der Waals surface area contributed by atoms with Crippen LogP contribution in [0.2, 0.25) is 0 Å². The van der Waals surface area contributed by atoms with Crippen molar-refractivity contribution in [3.8, 4) is 22.9 Å². The van der Waals surface area contributed by atoms with E-state index >= 15 is 0 Å². The van der Waals surface area contributed by atoms with Crippen molar-refractivity contribution < 1.29 is 9.47 Å². The average Bonchev–Trinajstić information content (AvgIpc) is 3.28. The van der Waals surface area contributed by atoms with Gasteiger partial charge < -0.3 is 19.4 Å². The SMILES string of the molecule is COc1cccc(N2CCN(CCOc3ccc(-c4nc5cc(Br)cnc5[nH]4)cc3)CC2)c1. The number of benzene rings is 2. The highest BCUT2D eigenvalue weighted by Gasteiger charge is 2.17. The summed E-state index contributed by atoms with van der Waals surface area (Å²) in [6.45, 7) is 5.64. The summed E-state index contributed by atoms with van der Waals surface area (Å²) in [7, 11) is 1.71. The predicted octanol–water partition coefficient (Wildman–Crippen LogP) is 4.60. The van der Waals surface area contributed by atoms with Crippen LogP contribution in [-0.4, -0.2) is 66.3 Å². The topological polar surface area (TPSA) is 66.5 Å². The molecule has 0 bridgehead atoms. The number of imidazole rings is 1. The third-order valence-electron chi connectivity index (χ3n) is 5.90. The number of pyridine rings is 1. The summed E-state index contributed by atoms with van der Waals surface area (Å²) in [5.74, 6) is 2.57. The molecule has 170 valence electrons.